The Labute approximate surface area is 308 Å². The Morgan fingerprint density at radius 2 is 1.86 bits per heavy atom. The van der Waals surface area contributed by atoms with Crippen LogP contribution in [0, 0.1) is 28.9 Å². The summed E-state index contributed by atoms with van der Waals surface area (Å²) in [6.07, 6.45) is 18.4. The van der Waals surface area contributed by atoms with E-state index in [4.69, 9.17) is 0 Å². The maximum atomic E-state index is 14.5. The van der Waals surface area contributed by atoms with Gasteiger partial charge in [0.05, 0.1) is 12.0 Å². The van der Waals surface area contributed by atoms with Crippen molar-refractivity contribution in [2.45, 2.75) is 102 Å². The first-order valence-electron chi connectivity index (χ1n) is 18.6. The molecule has 5 atom stereocenters. The lowest BCUT2D eigenvalue weighted by atomic mass is 9.78. The van der Waals surface area contributed by atoms with Crippen molar-refractivity contribution in [2.24, 2.45) is 17.8 Å². The molecule has 3 aliphatic rings. The van der Waals surface area contributed by atoms with Gasteiger partial charge in [0.2, 0.25) is 5.91 Å². The van der Waals surface area contributed by atoms with E-state index >= 15 is 0 Å². The van der Waals surface area contributed by atoms with Crippen molar-refractivity contribution in [1.29, 1.82) is 0 Å². The number of thioether (sulfide) groups is 1. The van der Waals surface area contributed by atoms with Crippen LogP contribution in [0.3, 0.4) is 0 Å². The highest BCUT2D eigenvalue weighted by molar-refractivity contribution is 8.04. The predicted octanol–water partition coefficient (Wildman–Crippen LogP) is 10.4. The fourth-order valence-electron chi connectivity index (χ4n) is 7.48. The van der Waals surface area contributed by atoms with Crippen LogP contribution in [-0.2, 0) is 17.6 Å². The van der Waals surface area contributed by atoms with Crippen LogP contribution >= 0.6 is 11.8 Å². The maximum Gasteiger partial charge on any atom is 0.229 e. The van der Waals surface area contributed by atoms with Gasteiger partial charge in [0.1, 0.15) is 11.2 Å². The first-order chi connectivity index (χ1) is 24.6. The zero-order valence-electron chi connectivity index (χ0n) is 30.2. The first-order valence-corrected chi connectivity index (χ1v) is 19.5. The molecule has 51 heavy (non-hydrogen) atoms. The zero-order chi connectivity index (χ0) is 36.3. The topological polar surface area (TPSA) is 66.4 Å². The Morgan fingerprint density at radius 3 is 2.59 bits per heavy atom. The number of ketones is 1. The van der Waals surface area contributed by atoms with E-state index in [-0.39, 0.29) is 17.8 Å². The van der Waals surface area contributed by atoms with Gasteiger partial charge < -0.3 is 10.4 Å². The zero-order valence-corrected chi connectivity index (χ0v) is 31.0. The number of carbonyl (C=O) groups is 2. The van der Waals surface area contributed by atoms with E-state index in [9.17, 15) is 19.1 Å². The van der Waals surface area contributed by atoms with Crippen molar-refractivity contribution in [3.8, 4) is 22.3 Å². The molecule has 1 heterocycles. The van der Waals surface area contributed by atoms with Crippen molar-refractivity contribution in [3.63, 3.8) is 0 Å². The highest BCUT2D eigenvalue weighted by Gasteiger charge is 2.44. The molecule has 5 rings (SSSR count). The fraction of sp³-hybridized carbons (Fsp3) is 0.422. The molecule has 0 fully saturated rings. The largest absolute Gasteiger partial charge is 0.388 e. The summed E-state index contributed by atoms with van der Waals surface area (Å²) in [4.78, 5) is 27.8. The summed E-state index contributed by atoms with van der Waals surface area (Å²) in [5, 5.41) is 16.2. The van der Waals surface area contributed by atoms with Crippen molar-refractivity contribution >= 4 is 23.5 Å². The second-order valence-electron chi connectivity index (χ2n) is 14.4. The van der Waals surface area contributed by atoms with Gasteiger partial charge in [-0.1, -0.05) is 92.8 Å². The number of aliphatic hydroxyl groups is 1. The Hall–Kier alpha value is -3.92. The number of halogens is 1. The number of unbranched alkanes of at least 4 members (excludes halogenated alkanes) is 3. The second kappa shape index (κ2) is 18.5. The van der Waals surface area contributed by atoms with Crippen molar-refractivity contribution in [3.05, 3.63) is 119 Å². The Balaban J connectivity index is 1.23. The van der Waals surface area contributed by atoms with Gasteiger partial charge in [-0.05, 0) is 134 Å². The van der Waals surface area contributed by atoms with Crippen LogP contribution in [0.15, 0.2) is 102 Å². The van der Waals surface area contributed by atoms with Crippen LogP contribution in [0.25, 0.3) is 11.1 Å². The minimum Gasteiger partial charge on any atom is -0.388 e. The number of rotatable bonds is 18. The van der Waals surface area contributed by atoms with Crippen LogP contribution in [-0.4, -0.2) is 28.3 Å². The third-order valence-corrected chi connectivity index (χ3v) is 11.1. The average molecular weight is 706 g/mol. The normalized spacial score (nSPS) is 20.7. The van der Waals surface area contributed by atoms with Crippen LogP contribution in [0.2, 0.25) is 0 Å². The van der Waals surface area contributed by atoms with E-state index in [1.54, 1.807) is 0 Å². The van der Waals surface area contributed by atoms with Crippen LogP contribution < -0.4 is 5.32 Å². The lowest BCUT2D eigenvalue weighted by Gasteiger charge is -2.29. The number of nitrogens with one attached hydrogen (secondary N) is 1. The smallest absolute Gasteiger partial charge is 0.229 e. The summed E-state index contributed by atoms with van der Waals surface area (Å²) in [7, 11) is 0. The maximum absolute atomic E-state index is 14.5. The molecule has 0 aromatic heterocycles. The molecule has 1 amide bonds. The standard InChI is InChI=1S/C45H52FNO3S/c1-5-13-32(15-12-10-8-6-7-9-11-14-30(2)3)26-33-16-18-34(19-17-33)35-20-21-36-28-40(43(49)38(36)27-35)42(39-29-37(46)22-23-41(39)48)44(50)47-45-31(4)24-25-51-45/h8,10,16-22,27,29,32,40-42,45,48H,2,4-7,9,11-15,23,26,28H2,1,3H3,(H,47,50)/b10-8+. The summed E-state index contributed by atoms with van der Waals surface area (Å²) in [5.74, 6) is 0.588. The van der Waals surface area contributed by atoms with E-state index in [1.807, 2.05) is 18.2 Å². The molecule has 2 N–H and O–H groups in total. The number of hydrogen-bond donors (Lipinski definition) is 2. The van der Waals surface area contributed by atoms with Crippen LogP contribution in [0.5, 0.6) is 0 Å². The molecule has 2 aromatic carbocycles. The van der Waals surface area contributed by atoms with Gasteiger partial charge in [-0.2, -0.15) is 0 Å². The number of fused-ring (bicyclic) bond motifs is 1. The molecule has 268 valence electrons. The van der Waals surface area contributed by atoms with E-state index in [0.29, 0.717) is 23.5 Å². The van der Waals surface area contributed by atoms with E-state index in [0.717, 1.165) is 42.4 Å². The molecule has 0 bridgehead atoms. The highest BCUT2D eigenvalue weighted by atomic mass is 32.2. The molecule has 0 saturated carbocycles. The van der Waals surface area contributed by atoms with E-state index in [2.05, 4.69) is 79.9 Å². The van der Waals surface area contributed by atoms with Gasteiger partial charge in [0.25, 0.3) is 0 Å². The SMILES string of the molecule is C=C(C)CCCCC/C=C/CCC(CCC)Cc1ccc(-c2ccc3c(c2)C(=O)C(C(C(=O)NC2SC#CC2=C)C2=CC(F)=CCC2O)C3)cc1. The summed E-state index contributed by atoms with van der Waals surface area (Å²) in [5.41, 5.74) is 6.79. The molecule has 6 heteroatoms. The van der Waals surface area contributed by atoms with Crippen molar-refractivity contribution in [2.75, 3.05) is 0 Å². The van der Waals surface area contributed by atoms with E-state index < -0.39 is 35.0 Å². The Morgan fingerprint density at radius 1 is 1.10 bits per heavy atom. The lowest BCUT2D eigenvalue weighted by molar-refractivity contribution is -0.125. The molecule has 4 nitrogen and oxygen atoms in total. The van der Waals surface area contributed by atoms with Crippen LogP contribution in [0.1, 0.15) is 99.5 Å². The van der Waals surface area contributed by atoms with Gasteiger partial charge >= 0.3 is 0 Å². The third-order valence-electron chi connectivity index (χ3n) is 10.3. The summed E-state index contributed by atoms with van der Waals surface area (Å²) in [6, 6.07) is 14.6. The summed E-state index contributed by atoms with van der Waals surface area (Å²) in [6.45, 7) is 12.3. The van der Waals surface area contributed by atoms with Crippen molar-refractivity contribution in [1.82, 2.24) is 5.32 Å². The van der Waals surface area contributed by atoms with Gasteiger partial charge in [0.15, 0.2) is 5.78 Å². The Kier molecular flexibility index (Phi) is 13.9. The number of aliphatic hydroxyl groups excluding tert-OH is 1. The first kappa shape index (κ1) is 38.3. The highest BCUT2D eigenvalue weighted by Crippen LogP contribution is 2.40. The Bertz CT molecular complexity index is 1760. The van der Waals surface area contributed by atoms with Gasteiger partial charge in [-0.15, -0.1) is 6.58 Å². The number of allylic oxidation sites excluding steroid dienone is 5. The molecule has 1 aliphatic heterocycles. The second-order valence-corrected chi connectivity index (χ2v) is 15.3. The molecular weight excluding hydrogens is 654 g/mol. The number of carbonyl (C=O) groups excluding carboxylic acids is 2. The molecule has 2 aliphatic carbocycles. The molecule has 2 aromatic rings. The molecule has 0 spiro atoms. The lowest BCUT2D eigenvalue weighted by Crippen LogP contribution is -2.44. The molecule has 0 radical (unpaired) electrons. The summed E-state index contributed by atoms with van der Waals surface area (Å²) < 4.78 is 14.5. The quantitative estimate of drug-likeness (QED) is 0.0921. The van der Waals surface area contributed by atoms with Crippen molar-refractivity contribution < 1.29 is 19.1 Å². The fourth-order valence-corrected chi connectivity index (χ4v) is 8.17. The minimum absolute atomic E-state index is 0.0520. The molecule has 0 saturated heterocycles. The summed E-state index contributed by atoms with van der Waals surface area (Å²) >= 11 is 1.24. The molecule has 5 unspecified atom stereocenters. The van der Waals surface area contributed by atoms with Gasteiger partial charge in [0, 0.05) is 17.1 Å². The predicted molar refractivity (Wildman–Crippen MR) is 210 cm³/mol. The number of amides is 1. The third kappa shape index (κ3) is 10.3. The number of hydrogen-bond acceptors (Lipinski definition) is 4. The molecular formula is C45H52FNO3S. The monoisotopic (exact) mass is 705 g/mol. The average Bonchev–Trinajstić information content (AvgIpc) is 3.66. The van der Waals surface area contributed by atoms with E-state index in [1.165, 1.54) is 73.6 Å². The van der Waals surface area contributed by atoms with Gasteiger partial charge in [-0.3, -0.25) is 9.59 Å². The van der Waals surface area contributed by atoms with Crippen LogP contribution in [0.4, 0.5) is 4.39 Å². The van der Waals surface area contributed by atoms with Gasteiger partial charge in [-0.25, -0.2) is 4.39 Å². The minimum atomic E-state index is -1.05. The number of benzene rings is 2. The number of Topliss-reactive ketones (excluding diaryl/α,β-unsaturated/α-hetero) is 1.